The minimum Gasteiger partial charge on any atom is -0.393 e. The van der Waals surface area contributed by atoms with Crippen LogP contribution < -0.4 is 5.32 Å². The smallest absolute Gasteiger partial charge is 0.251 e. The van der Waals surface area contributed by atoms with Crippen LogP contribution in [0.1, 0.15) is 20.8 Å². The molecule has 3 N–H and O–H groups in total. The third-order valence-electron chi connectivity index (χ3n) is 2.03. The number of ether oxygens (including phenoxy) is 1. The van der Waals surface area contributed by atoms with Crippen LogP contribution in [0.5, 0.6) is 0 Å². The van der Waals surface area contributed by atoms with Crippen LogP contribution in [0.15, 0.2) is 0 Å². The lowest BCUT2D eigenvalue weighted by atomic mass is 10.1. The number of hydrogen-bond donors (Lipinski definition) is 3. The van der Waals surface area contributed by atoms with Crippen LogP contribution in [-0.2, 0) is 9.53 Å². The summed E-state index contributed by atoms with van der Waals surface area (Å²) >= 11 is 0. The lowest BCUT2D eigenvalue weighted by Crippen LogP contribution is -2.50. The van der Waals surface area contributed by atoms with Crippen molar-refractivity contribution in [2.24, 2.45) is 0 Å². The minimum absolute atomic E-state index is 0.00484. The Morgan fingerprint density at radius 1 is 1.43 bits per heavy atom. The number of methoxy groups -OCH3 is 1. The van der Waals surface area contributed by atoms with Crippen molar-refractivity contribution in [1.29, 1.82) is 0 Å². The van der Waals surface area contributed by atoms with Gasteiger partial charge in [-0.15, -0.1) is 0 Å². The van der Waals surface area contributed by atoms with E-state index >= 15 is 0 Å². The highest BCUT2D eigenvalue weighted by atomic mass is 16.5. The molecule has 5 nitrogen and oxygen atoms in total. The maximum Gasteiger partial charge on any atom is 0.251 e. The highest BCUT2D eigenvalue weighted by Gasteiger charge is 2.29. The number of amides is 1. The number of nitrogens with one attached hydrogen (secondary N) is 1. The highest BCUT2D eigenvalue weighted by molar-refractivity contribution is 5.84. The van der Waals surface area contributed by atoms with Gasteiger partial charge in [-0.2, -0.15) is 0 Å². The summed E-state index contributed by atoms with van der Waals surface area (Å²) in [6.07, 6.45) is 0. The Morgan fingerprint density at radius 2 is 1.93 bits per heavy atom. The van der Waals surface area contributed by atoms with Gasteiger partial charge in [-0.25, -0.2) is 0 Å². The monoisotopic (exact) mass is 205 g/mol. The molecule has 1 atom stereocenters. The molecule has 84 valence electrons. The second kappa shape index (κ2) is 4.72. The Hall–Kier alpha value is -0.650. The van der Waals surface area contributed by atoms with Crippen LogP contribution in [0, 0.1) is 0 Å². The molecule has 1 amide bonds. The standard InChI is InChI=1S/C9H19NO4/c1-8(2,14-4)7(12)10-5-9(3,13)6-11/h11,13H,5-6H2,1-4H3,(H,10,12). The molecule has 0 saturated carbocycles. The summed E-state index contributed by atoms with van der Waals surface area (Å²) < 4.78 is 4.94. The minimum atomic E-state index is -1.29. The molecule has 1 unspecified atom stereocenters. The van der Waals surface area contributed by atoms with E-state index in [1.54, 1.807) is 13.8 Å². The molecule has 0 aromatic heterocycles. The maximum atomic E-state index is 11.4. The zero-order chi connectivity index (χ0) is 11.4. The van der Waals surface area contributed by atoms with Crippen molar-refractivity contribution in [2.75, 3.05) is 20.3 Å². The predicted octanol–water partition coefficient (Wildman–Crippen LogP) is -0.729. The normalized spacial score (nSPS) is 16.1. The SMILES string of the molecule is COC(C)(C)C(=O)NCC(C)(O)CO. The van der Waals surface area contributed by atoms with Crippen LogP contribution in [0.4, 0.5) is 0 Å². The zero-order valence-corrected chi connectivity index (χ0v) is 9.13. The van der Waals surface area contributed by atoms with Gasteiger partial charge in [-0.05, 0) is 20.8 Å². The first-order valence-corrected chi connectivity index (χ1v) is 4.42. The van der Waals surface area contributed by atoms with Gasteiger partial charge in [0.2, 0.25) is 0 Å². The predicted molar refractivity (Wildman–Crippen MR) is 51.8 cm³/mol. The van der Waals surface area contributed by atoms with Gasteiger partial charge in [0.15, 0.2) is 0 Å². The molecule has 0 bridgehead atoms. The van der Waals surface area contributed by atoms with E-state index in [0.717, 1.165) is 0 Å². The van der Waals surface area contributed by atoms with Crippen molar-refractivity contribution in [3.63, 3.8) is 0 Å². The molecular formula is C9H19NO4. The lowest BCUT2D eigenvalue weighted by Gasteiger charge is -2.25. The van der Waals surface area contributed by atoms with Gasteiger partial charge in [0.1, 0.15) is 11.2 Å². The van der Waals surface area contributed by atoms with Crippen molar-refractivity contribution in [1.82, 2.24) is 5.32 Å². The first kappa shape index (κ1) is 13.4. The van der Waals surface area contributed by atoms with E-state index in [2.05, 4.69) is 5.32 Å². The van der Waals surface area contributed by atoms with Crippen molar-refractivity contribution < 1.29 is 19.7 Å². The van der Waals surface area contributed by atoms with E-state index in [9.17, 15) is 9.90 Å². The van der Waals surface area contributed by atoms with Crippen molar-refractivity contribution in [3.05, 3.63) is 0 Å². The van der Waals surface area contributed by atoms with Gasteiger partial charge in [0.25, 0.3) is 5.91 Å². The first-order chi connectivity index (χ1) is 6.25. The third-order valence-corrected chi connectivity index (χ3v) is 2.03. The molecule has 0 aromatic carbocycles. The quantitative estimate of drug-likeness (QED) is 0.553. The van der Waals surface area contributed by atoms with Gasteiger partial charge >= 0.3 is 0 Å². The Morgan fingerprint density at radius 3 is 2.29 bits per heavy atom. The molecule has 0 aliphatic heterocycles. The molecule has 0 aliphatic carbocycles. The number of aliphatic hydroxyl groups excluding tert-OH is 1. The number of rotatable bonds is 5. The molecule has 0 radical (unpaired) electrons. The molecule has 14 heavy (non-hydrogen) atoms. The first-order valence-electron chi connectivity index (χ1n) is 4.42. The van der Waals surface area contributed by atoms with Gasteiger partial charge in [-0.1, -0.05) is 0 Å². The molecule has 0 saturated heterocycles. The Balaban J connectivity index is 4.10. The summed E-state index contributed by atoms with van der Waals surface area (Å²) in [4.78, 5) is 11.4. The van der Waals surface area contributed by atoms with Crippen molar-refractivity contribution >= 4 is 5.91 Å². The van der Waals surface area contributed by atoms with Crippen LogP contribution in [0.3, 0.4) is 0 Å². The molecule has 0 spiro atoms. The number of aliphatic hydroxyl groups is 2. The van der Waals surface area contributed by atoms with Crippen LogP contribution in [-0.4, -0.2) is 47.6 Å². The van der Waals surface area contributed by atoms with Crippen LogP contribution in [0.2, 0.25) is 0 Å². The molecule has 0 aromatic rings. The summed E-state index contributed by atoms with van der Waals surface area (Å²) in [5.41, 5.74) is -2.22. The van der Waals surface area contributed by atoms with Crippen LogP contribution in [0.25, 0.3) is 0 Å². The number of carbonyl (C=O) groups excluding carboxylic acids is 1. The van der Waals surface area contributed by atoms with Crippen molar-refractivity contribution in [2.45, 2.75) is 32.0 Å². The summed E-state index contributed by atoms with van der Waals surface area (Å²) in [7, 11) is 1.43. The van der Waals surface area contributed by atoms with Gasteiger partial charge in [0.05, 0.1) is 6.61 Å². The van der Waals surface area contributed by atoms with Gasteiger partial charge in [0, 0.05) is 13.7 Å². The Kier molecular flexibility index (Phi) is 4.51. The van der Waals surface area contributed by atoms with E-state index in [4.69, 9.17) is 9.84 Å². The fourth-order valence-electron chi connectivity index (χ4n) is 0.632. The molecule has 0 aliphatic rings. The summed E-state index contributed by atoms with van der Waals surface area (Å²) in [6, 6.07) is 0. The van der Waals surface area contributed by atoms with E-state index in [1.807, 2.05) is 0 Å². The molecule has 5 heteroatoms. The molecule has 0 heterocycles. The second-order valence-electron chi connectivity index (χ2n) is 4.05. The summed E-state index contributed by atoms with van der Waals surface area (Å²) in [6.45, 7) is 4.27. The average molecular weight is 205 g/mol. The number of hydrogen-bond acceptors (Lipinski definition) is 4. The Bertz CT molecular complexity index is 201. The van der Waals surface area contributed by atoms with E-state index < -0.39 is 17.8 Å². The molecular weight excluding hydrogens is 186 g/mol. The third kappa shape index (κ3) is 4.04. The topological polar surface area (TPSA) is 78.8 Å². The van der Waals surface area contributed by atoms with E-state index in [1.165, 1.54) is 14.0 Å². The largest absolute Gasteiger partial charge is 0.393 e. The van der Waals surface area contributed by atoms with Gasteiger partial charge in [-0.3, -0.25) is 4.79 Å². The van der Waals surface area contributed by atoms with E-state index in [0.29, 0.717) is 0 Å². The van der Waals surface area contributed by atoms with Crippen molar-refractivity contribution in [3.8, 4) is 0 Å². The number of carbonyl (C=O) groups is 1. The second-order valence-corrected chi connectivity index (χ2v) is 4.05. The zero-order valence-electron chi connectivity index (χ0n) is 9.13. The molecule has 0 fully saturated rings. The Labute approximate surface area is 84.1 Å². The molecule has 0 rings (SSSR count). The average Bonchev–Trinajstić information content (AvgIpc) is 2.14. The maximum absolute atomic E-state index is 11.4. The highest BCUT2D eigenvalue weighted by Crippen LogP contribution is 2.07. The summed E-state index contributed by atoms with van der Waals surface area (Å²) in [5.74, 6) is -0.325. The fraction of sp³-hybridized carbons (Fsp3) is 0.889. The van der Waals surface area contributed by atoms with E-state index in [-0.39, 0.29) is 12.5 Å². The lowest BCUT2D eigenvalue weighted by molar-refractivity contribution is -0.140. The fourth-order valence-corrected chi connectivity index (χ4v) is 0.632. The van der Waals surface area contributed by atoms with Crippen LogP contribution >= 0.6 is 0 Å². The summed E-state index contributed by atoms with van der Waals surface area (Å²) in [5, 5.41) is 20.6. The van der Waals surface area contributed by atoms with Gasteiger partial charge < -0.3 is 20.3 Å².